The molecule has 0 bridgehead atoms. The SMILES string of the molecule is C=CCNc1nc(NCC)nc(N2CCC(N(C)C3c4ccccc4CCc4ccccc43)CC2)n1. The van der Waals surface area contributed by atoms with Crippen molar-refractivity contribution < 1.29 is 0 Å². The van der Waals surface area contributed by atoms with Crippen LogP contribution in [0.3, 0.4) is 0 Å². The number of aryl methyl sites for hydroxylation is 2. The van der Waals surface area contributed by atoms with Gasteiger partial charge in [0.2, 0.25) is 17.8 Å². The summed E-state index contributed by atoms with van der Waals surface area (Å²) >= 11 is 0. The van der Waals surface area contributed by atoms with Gasteiger partial charge in [-0.1, -0.05) is 54.6 Å². The van der Waals surface area contributed by atoms with Crippen LogP contribution in [0.15, 0.2) is 61.2 Å². The van der Waals surface area contributed by atoms with Gasteiger partial charge in [0, 0.05) is 32.2 Å². The van der Waals surface area contributed by atoms with Crippen molar-refractivity contribution in [2.45, 2.75) is 44.7 Å². The van der Waals surface area contributed by atoms with E-state index in [9.17, 15) is 0 Å². The minimum atomic E-state index is 0.281. The fourth-order valence-corrected chi connectivity index (χ4v) is 5.60. The molecule has 0 unspecified atom stereocenters. The van der Waals surface area contributed by atoms with Crippen molar-refractivity contribution in [3.05, 3.63) is 83.4 Å². The molecule has 2 N–H and O–H groups in total. The average Bonchev–Trinajstić information content (AvgIpc) is 3.09. The van der Waals surface area contributed by atoms with Gasteiger partial charge in [0.05, 0.1) is 6.04 Å². The minimum absolute atomic E-state index is 0.281. The van der Waals surface area contributed by atoms with Gasteiger partial charge in [-0.2, -0.15) is 15.0 Å². The van der Waals surface area contributed by atoms with Crippen LogP contribution < -0.4 is 15.5 Å². The van der Waals surface area contributed by atoms with Crippen molar-refractivity contribution in [2.75, 3.05) is 48.8 Å². The van der Waals surface area contributed by atoms with Gasteiger partial charge in [-0.3, -0.25) is 4.90 Å². The second kappa shape index (κ2) is 11.1. The van der Waals surface area contributed by atoms with E-state index >= 15 is 0 Å². The highest BCUT2D eigenvalue weighted by molar-refractivity contribution is 5.46. The molecule has 1 aliphatic heterocycles. The van der Waals surface area contributed by atoms with E-state index in [-0.39, 0.29) is 6.04 Å². The van der Waals surface area contributed by atoms with Crippen LogP contribution in [0.1, 0.15) is 48.1 Å². The zero-order valence-electron chi connectivity index (χ0n) is 21.5. The van der Waals surface area contributed by atoms with E-state index in [0.29, 0.717) is 24.5 Å². The van der Waals surface area contributed by atoms with Crippen LogP contribution >= 0.6 is 0 Å². The maximum atomic E-state index is 4.70. The van der Waals surface area contributed by atoms with Crippen molar-refractivity contribution >= 4 is 17.8 Å². The molecule has 1 aromatic heterocycles. The number of nitrogens with zero attached hydrogens (tertiary/aromatic N) is 5. The monoisotopic (exact) mass is 483 g/mol. The molecule has 2 aromatic carbocycles. The molecule has 0 saturated carbocycles. The molecule has 7 heteroatoms. The third kappa shape index (κ3) is 5.07. The van der Waals surface area contributed by atoms with Crippen molar-refractivity contribution in [2.24, 2.45) is 0 Å². The predicted molar refractivity (Wildman–Crippen MR) is 148 cm³/mol. The number of benzene rings is 2. The highest BCUT2D eigenvalue weighted by Gasteiger charge is 2.33. The number of piperidine rings is 1. The molecule has 2 heterocycles. The Kier molecular flexibility index (Phi) is 7.47. The number of hydrogen-bond acceptors (Lipinski definition) is 7. The summed E-state index contributed by atoms with van der Waals surface area (Å²) in [4.78, 5) is 18.8. The van der Waals surface area contributed by atoms with Crippen molar-refractivity contribution in [3.63, 3.8) is 0 Å². The summed E-state index contributed by atoms with van der Waals surface area (Å²) in [7, 11) is 2.31. The molecule has 36 heavy (non-hydrogen) atoms. The zero-order chi connectivity index (χ0) is 24.9. The van der Waals surface area contributed by atoms with Crippen LogP contribution in [0.5, 0.6) is 0 Å². The largest absolute Gasteiger partial charge is 0.354 e. The lowest BCUT2D eigenvalue weighted by molar-refractivity contribution is 0.169. The molecule has 0 atom stereocenters. The summed E-state index contributed by atoms with van der Waals surface area (Å²) < 4.78 is 0. The van der Waals surface area contributed by atoms with Crippen LogP contribution in [0.25, 0.3) is 0 Å². The maximum Gasteiger partial charge on any atom is 0.231 e. The lowest BCUT2D eigenvalue weighted by Gasteiger charge is -2.41. The first-order chi connectivity index (χ1) is 17.7. The number of anilines is 3. The predicted octanol–water partition coefficient (Wildman–Crippen LogP) is 4.69. The first-order valence-corrected chi connectivity index (χ1v) is 13.1. The summed E-state index contributed by atoms with van der Waals surface area (Å²) in [6.45, 7) is 9.05. The van der Waals surface area contributed by atoms with E-state index < -0.39 is 0 Å². The first kappa shape index (κ1) is 24.3. The topological polar surface area (TPSA) is 69.2 Å². The number of fused-ring (bicyclic) bond motifs is 2. The van der Waals surface area contributed by atoms with E-state index in [2.05, 4.69) is 87.6 Å². The quantitative estimate of drug-likeness (QED) is 0.451. The number of hydrogen-bond donors (Lipinski definition) is 2. The number of rotatable bonds is 8. The average molecular weight is 484 g/mol. The summed E-state index contributed by atoms with van der Waals surface area (Å²) in [6, 6.07) is 18.8. The van der Waals surface area contributed by atoms with Gasteiger partial charge in [0.25, 0.3) is 0 Å². The lowest BCUT2D eigenvalue weighted by Crippen LogP contribution is -2.45. The summed E-state index contributed by atoms with van der Waals surface area (Å²) in [5.41, 5.74) is 5.86. The first-order valence-electron chi connectivity index (χ1n) is 13.1. The van der Waals surface area contributed by atoms with Crippen LogP contribution in [0.2, 0.25) is 0 Å². The van der Waals surface area contributed by atoms with Gasteiger partial charge in [-0.15, -0.1) is 6.58 Å². The number of nitrogens with one attached hydrogen (secondary N) is 2. The maximum absolute atomic E-state index is 4.70. The van der Waals surface area contributed by atoms with Gasteiger partial charge < -0.3 is 15.5 Å². The Morgan fingerprint density at radius 3 is 2.08 bits per heavy atom. The Morgan fingerprint density at radius 2 is 1.50 bits per heavy atom. The van der Waals surface area contributed by atoms with E-state index in [4.69, 9.17) is 9.97 Å². The van der Waals surface area contributed by atoms with Crippen molar-refractivity contribution in [3.8, 4) is 0 Å². The Labute approximate surface area is 214 Å². The molecule has 1 saturated heterocycles. The van der Waals surface area contributed by atoms with E-state index in [1.165, 1.54) is 22.3 Å². The Morgan fingerprint density at radius 1 is 0.917 bits per heavy atom. The molecular formula is C29H37N7. The van der Waals surface area contributed by atoms with Crippen LogP contribution in [0, 0.1) is 0 Å². The highest BCUT2D eigenvalue weighted by Crippen LogP contribution is 2.38. The smallest absolute Gasteiger partial charge is 0.231 e. The fourth-order valence-electron chi connectivity index (χ4n) is 5.60. The zero-order valence-corrected chi connectivity index (χ0v) is 21.5. The van der Waals surface area contributed by atoms with Gasteiger partial charge in [0.1, 0.15) is 0 Å². The Balaban J connectivity index is 1.35. The molecular weight excluding hydrogens is 446 g/mol. The normalized spacial score (nSPS) is 16.2. The minimum Gasteiger partial charge on any atom is -0.354 e. The van der Waals surface area contributed by atoms with Gasteiger partial charge >= 0.3 is 0 Å². The molecule has 0 radical (unpaired) electrons. The van der Waals surface area contributed by atoms with Crippen LogP contribution in [-0.2, 0) is 12.8 Å². The molecule has 0 spiro atoms. The standard InChI is InChI=1S/C29H37N7/c1-4-18-31-28-32-27(30-5-2)33-29(34-28)36-19-16-23(17-20-36)35(3)26-24-12-8-6-10-21(24)14-15-22-11-7-9-13-25(22)26/h4,6-13,23,26H,1,5,14-20H2,2-3H3,(H2,30,31,32,33,34). The number of aromatic nitrogens is 3. The van der Waals surface area contributed by atoms with Crippen LogP contribution in [-0.4, -0.2) is 59.1 Å². The molecule has 2 aliphatic rings. The van der Waals surface area contributed by atoms with Gasteiger partial charge in [-0.05, 0) is 61.9 Å². The summed E-state index contributed by atoms with van der Waals surface area (Å²) in [5, 5.41) is 6.45. The van der Waals surface area contributed by atoms with Gasteiger partial charge in [0.15, 0.2) is 0 Å². The Bertz CT molecular complexity index is 1140. The van der Waals surface area contributed by atoms with Crippen molar-refractivity contribution in [1.82, 2.24) is 19.9 Å². The second-order valence-corrected chi connectivity index (χ2v) is 9.67. The van der Waals surface area contributed by atoms with E-state index in [0.717, 1.165) is 51.3 Å². The van der Waals surface area contributed by atoms with E-state index in [1.807, 2.05) is 13.0 Å². The summed E-state index contributed by atoms with van der Waals surface area (Å²) in [6.07, 6.45) is 6.14. The molecule has 1 aliphatic carbocycles. The van der Waals surface area contributed by atoms with Crippen LogP contribution in [0.4, 0.5) is 17.8 Å². The molecule has 188 valence electrons. The fraction of sp³-hybridized carbons (Fsp3) is 0.414. The summed E-state index contributed by atoms with van der Waals surface area (Å²) in [5.74, 6) is 1.93. The molecule has 7 nitrogen and oxygen atoms in total. The highest BCUT2D eigenvalue weighted by atomic mass is 15.3. The molecule has 3 aromatic rings. The second-order valence-electron chi connectivity index (χ2n) is 9.67. The molecule has 1 fully saturated rings. The van der Waals surface area contributed by atoms with Crippen molar-refractivity contribution in [1.29, 1.82) is 0 Å². The molecule has 5 rings (SSSR count). The van der Waals surface area contributed by atoms with E-state index in [1.54, 1.807) is 0 Å². The lowest BCUT2D eigenvalue weighted by atomic mass is 9.91. The third-order valence-electron chi connectivity index (χ3n) is 7.46. The van der Waals surface area contributed by atoms with Gasteiger partial charge in [-0.25, -0.2) is 0 Å². The molecule has 0 amide bonds. The third-order valence-corrected chi connectivity index (χ3v) is 7.46. The Hall–Kier alpha value is -3.45.